The minimum atomic E-state index is -0.297. The van der Waals surface area contributed by atoms with E-state index in [1.807, 2.05) is 48.7 Å². The summed E-state index contributed by atoms with van der Waals surface area (Å²) in [5.74, 6) is 2.29. The first-order valence-electron chi connectivity index (χ1n) is 14.2. The molecule has 2 aliphatic heterocycles. The fourth-order valence-electron chi connectivity index (χ4n) is 5.03. The van der Waals surface area contributed by atoms with Crippen LogP contribution in [0, 0.1) is 0 Å². The number of amides is 2. The van der Waals surface area contributed by atoms with Crippen molar-refractivity contribution in [3.05, 3.63) is 71.9 Å². The standard InChI is InChI=1S/C31H36ClN5O4/c32-24-11-12-26-25(22-24)34-30(38)23-37(15-6-1-7-21-40-27-8-2-3-9-28(27)41-26)31(39)13-16-35-17-19-36(20-18-35)29-10-4-5-14-33-29/h2-5,8-12,14,22H,1,6-7,13,15-21,23H2,(H,34,38). The molecule has 0 radical (unpaired) electrons. The van der Waals surface area contributed by atoms with E-state index < -0.39 is 0 Å². The Labute approximate surface area is 246 Å². The highest BCUT2D eigenvalue weighted by Gasteiger charge is 2.22. The van der Waals surface area contributed by atoms with Crippen LogP contribution in [0.1, 0.15) is 25.7 Å². The Balaban J connectivity index is 1.21. The maximum Gasteiger partial charge on any atom is 0.244 e. The quantitative estimate of drug-likeness (QED) is 0.463. The van der Waals surface area contributed by atoms with Crippen molar-refractivity contribution in [3.8, 4) is 17.2 Å². The van der Waals surface area contributed by atoms with Crippen LogP contribution in [-0.2, 0) is 9.59 Å². The van der Waals surface area contributed by atoms with Gasteiger partial charge in [0.25, 0.3) is 0 Å². The number of carbonyl (C=O) groups excluding carboxylic acids is 2. The zero-order chi connectivity index (χ0) is 28.4. The molecule has 3 heterocycles. The van der Waals surface area contributed by atoms with Crippen LogP contribution in [0.15, 0.2) is 66.9 Å². The van der Waals surface area contributed by atoms with E-state index in [1.54, 1.807) is 23.1 Å². The van der Waals surface area contributed by atoms with Gasteiger partial charge in [-0.05, 0) is 61.7 Å². The third kappa shape index (κ3) is 8.11. The van der Waals surface area contributed by atoms with Gasteiger partial charge in [-0.3, -0.25) is 14.5 Å². The zero-order valence-corrected chi connectivity index (χ0v) is 23.9. The van der Waals surface area contributed by atoms with E-state index in [1.165, 1.54) is 0 Å². The fourth-order valence-corrected chi connectivity index (χ4v) is 5.21. The third-order valence-corrected chi connectivity index (χ3v) is 7.52. The van der Waals surface area contributed by atoms with E-state index in [0.717, 1.165) is 51.3 Å². The number of anilines is 2. The molecule has 1 fully saturated rings. The SMILES string of the molecule is O=C1CN(C(=O)CCN2CCN(c3ccccn3)CC2)CCCCCOc2ccccc2Oc2ccc(Cl)cc2N1. The number of carbonyl (C=O) groups is 2. The lowest BCUT2D eigenvalue weighted by Gasteiger charge is -2.35. The lowest BCUT2D eigenvalue weighted by atomic mass is 10.2. The molecule has 0 atom stereocenters. The second-order valence-electron chi connectivity index (χ2n) is 10.2. The lowest BCUT2D eigenvalue weighted by molar-refractivity contribution is -0.135. The van der Waals surface area contributed by atoms with E-state index in [2.05, 4.69) is 20.1 Å². The summed E-state index contributed by atoms with van der Waals surface area (Å²) in [6.45, 7) is 5.13. The molecule has 3 aromatic rings. The molecule has 41 heavy (non-hydrogen) atoms. The molecule has 2 aliphatic rings. The maximum atomic E-state index is 13.3. The van der Waals surface area contributed by atoms with Crippen LogP contribution in [-0.4, -0.2) is 79.0 Å². The first kappa shape index (κ1) is 28.7. The highest BCUT2D eigenvalue weighted by atomic mass is 35.5. The van der Waals surface area contributed by atoms with Gasteiger partial charge in [-0.25, -0.2) is 4.98 Å². The Morgan fingerprint density at radius 2 is 1.71 bits per heavy atom. The van der Waals surface area contributed by atoms with Gasteiger partial charge in [0.15, 0.2) is 17.2 Å². The van der Waals surface area contributed by atoms with Crippen LogP contribution in [0.3, 0.4) is 0 Å². The Bertz CT molecular complexity index is 1320. The van der Waals surface area contributed by atoms with E-state index >= 15 is 0 Å². The molecular formula is C31H36ClN5O4. The smallest absolute Gasteiger partial charge is 0.244 e. The van der Waals surface area contributed by atoms with Gasteiger partial charge < -0.3 is 24.6 Å². The number of nitrogens with one attached hydrogen (secondary N) is 1. The van der Waals surface area contributed by atoms with Gasteiger partial charge in [0.2, 0.25) is 11.8 Å². The molecule has 10 heteroatoms. The predicted molar refractivity (Wildman–Crippen MR) is 160 cm³/mol. The van der Waals surface area contributed by atoms with E-state index in [-0.39, 0.29) is 18.4 Å². The maximum absolute atomic E-state index is 13.3. The zero-order valence-electron chi connectivity index (χ0n) is 23.1. The highest BCUT2D eigenvalue weighted by molar-refractivity contribution is 6.31. The molecule has 5 rings (SSSR count). The van der Waals surface area contributed by atoms with Gasteiger partial charge in [-0.2, -0.15) is 0 Å². The number of aromatic nitrogens is 1. The monoisotopic (exact) mass is 577 g/mol. The molecule has 1 N–H and O–H groups in total. The van der Waals surface area contributed by atoms with Crippen molar-refractivity contribution in [2.45, 2.75) is 25.7 Å². The van der Waals surface area contributed by atoms with Gasteiger partial charge in [0, 0.05) is 56.9 Å². The van der Waals surface area contributed by atoms with Crippen molar-refractivity contribution >= 4 is 34.9 Å². The van der Waals surface area contributed by atoms with Crippen molar-refractivity contribution in [3.63, 3.8) is 0 Å². The van der Waals surface area contributed by atoms with Crippen molar-refractivity contribution in [2.75, 3.05) is 62.6 Å². The summed E-state index contributed by atoms with van der Waals surface area (Å²) in [4.78, 5) is 37.2. The summed E-state index contributed by atoms with van der Waals surface area (Å²) in [5.41, 5.74) is 0.436. The molecule has 2 aromatic carbocycles. The first-order valence-corrected chi connectivity index (χ1v) is 14.6. The summed E-state index contributed by atoms with van der Waals surface area (Å²) in [5, 5.41) is 3.37. The number of ether oxygens (including phenoxy) is 2. The second kappa shape index (κ2) is 14.2. The van der Waals surface area contributed by atoms with Crippen LogP contribution >= 0.6 is 11.6 Å². The number of hydrogen-bond donors (Lipinski definition) is 1. The number of fused-ring (bicyclic) bond motifs is 2. The van der Waals surface area contributed by atoms with Crippen molar-refractivity contribution < 1.29 is 19.1 Å². The minimum absolute atomic E-state index is 0.0251. The van der Waals surface area contributed by atoms with Gasteiger partial charge in [-0.15, -0.1) is 0 Å². The van der Waals surface area contributed by atoms with Crippen LogP contribution in [0.2, 0.25) is 5.02 Å². The molecule has 0 bridgehead atoms. The number of benzene rings is 2. The number of para-hydroxylation sites is 2. The minimum Gasteiger partial charge on any atom is -0.490 e. The molecule has 9 nitrogen and oxygen atoms in total. The normalized spacial score (nSPS) is 17.1. The van der Waals surface area contributed by atoms with E-state index in [9.17, 15) is 9.59 Å². The highest BCUT2D eigenvalue weighted by Crippen LogP contribution is 2.36. The first-order chi connectivity index (χ1) is 20.0. The molecule has 0 saturated carbocycles. The number of piperazine rings is 1. The largest absolute Gasteiger partial charge is 0.490 e. The number of pyridine rings is 1. The van der Waals surface area contributed by atoms with Gasteiger partial charge in [0.1, 0.15) is 5.82 Å². The summed E-state index contributed by atoms with van der Waals surface area (Å²) in [6, 6.07) is 18.5. The number of rotatable bonds is 4. The van der Waals surface area contributed by atoms with Crippen LogP contribution in [0.4, 0.5) is 11.5 Å². The topological polar surface area (TPSA) is 87.2 Å². The van der Waals surface area contributed by atoms with Crippen molar-refractivity contribution in [1.29, 1.82) is 0 Å². The number of halogens is 1. The van der Waals surface area contributed by atoms with Crippen molar-refractivity contribution in [2.24, 2.45) is 0 Å². The van der Waals surface area contributed by atoms with E-state index in [0.29, 0.717) is 54.1 Å². The molecule has 0 unspecified atom stereocenters. The molecular weight excluding hydrogens is 542 g/mol. The Hall–Kier alpha value is -3.82. The van der Waals surface area contributed by atoms with Gasteiger partial charge in [-0.1, -0.05) is 29.8 Å². The molecule has 1 aromatic heterocycles. The average Bonchev–Trinajstić information content (AvgIpc) is 3.00. The Kier molecular flexibility index (Phi) is 9.93. The summed E-state index contributed by atoms with van der Waals surface area (Å²) in [7, 11) is 0. The lowest BCUT2D eigenvalue weighted by Crippen LogP contribution is -2.48. The summed E-state index contributed by atoms with van der Waals surface area (Å²) < 4.78 is 12.2. The average molecular weight is 578 g/mol. The van der Waals surface area contributed by atoms with Crippen LogP contribution in [0.25, 0.3) is 0 Å². The van der Waals surface area contributed by atoms with Crippen LogP contribution < -0.4 is 19.7 Å². The third-order valence-electron chi connectivity index (χ3n) is 7.29. The van der Waals surface area contributed by atoms with E-state index in [4.69, 9.17) is 21.1 Å². The predicted octanol–water partition coefficient (Wildman–Crippen LogP) is 5.07. The molecule has 216 valence electrons. The fraction of sp³-hybridized carbons (Fsp3) is 0.387. The Morgan fingerprint density at radius 3 is 2.51 bits per heavy atom. The second-order valence-corrected chi connectivity index (χ2v) is 10.7. The van der Waals surface area contributed by atoms with Crippen LogP contribution in [0.5, 0.6) is 17.2 Å². The van der Waals surface area contributed by atoms with Crippen molar-refractivity contribution in [1.82, 2.24) is 14.8 Å². The number of nitrogens with zero attached hydrogens (tertiary/aromatic N) is 4. The Morgan fingerprint density at radius 1 is 0.902 bits per heavy atom. The molecule has 1 saturated heterocycles. The molecule has 2 amide bonds. The van der Waals surface area contributed by atoms with Gasteiger partial charge in [0.05, 0.1) is 18.8 Å². The number of hydrogen-bond acceptors (Lipinski definition) is 7. The summed E-state index contributed by atoms with van der Waals surface area (Å²) >= 11 is 6.25. The molecule has 0 aliphatic carbocycles. The molecule has 0 spiro atoms. The van der Waals surface area contributed by atoms with Gasteiger partial charge >= 0.3 is 0 Å². The summed E-state index contributed by atoms with van der Waals surface area (Å²) in [6.07, 6.45) is 4.66.